The molecular weight excluding hydrogens is 1220 g/mol. The number of carbonyl (C=O) groups excluding carboxylic acids is 11. The van der Waals surface area contributed by atoms with Crippen molar-refractivity contribution in [2.24, 2.45) is 41.4 Å². The molecule has 1 fully saturated rings. The van der Waals surface area contributed by atoms with Gasteiger partial charge in [0, 0.05) is 60.6 Å². The van der Waals surface area contributed by atoms with Crippen LogP contribution in [0.3, 0.4) is 0 Å². The highest BCUT2D eigenvalue weighted by Crippen LogP contribution is 2.33. The van der Waals surface area contributed by atoms with Crippen molar-refractivity contribution in [3.63, 3.8) is 0 Å². The quantitative estimate of drug-likeness (QED) is 0.0682. The Labute approximate surface area is 546 Å². The molecule has 12 atom stereocenters. The van der Waals surface area contributed by atoms with Crippen LogP contribution in [0.1, 0.15) is 163 Å². The smallest absolute Gasteiger partial charge is 0.276 e. The molecule has 0 aromatic carbocycles. The first kappa shape index (κ1) is 82.3. The summed E-state index contributed by atoms with van der Waals surface area (Å²) in [5.41, 5.74) is -2.21. The van der Waals surface area contributed by atoms with Crippen molar-refractivity contribution in [1.29, 1.82) is 0 Å². The molecule has 1 aliphatic rings. The van der Waals surface area contributed by atoms with Gasteiger partial charge in [0.15, 0.2) is 0 Å². The Morgan fingerprint density at radius 3 is 1.49 bits per heavy atom. The number of hydrogen-bond acceptors (Lipinski definition) is 13. The first-order valence-corrected chi connectivity index (χ1v) is 33.3. The highest BCUT2D eigenvalue weighted by atomic mass is 79.9. The molecule has 1 heterocycles. The standard InChI is InChI=1S/C65H116BrN11O13/c1-25-27-29-43(15)54(79)53-58(83)69-46(26-2)60(85)71(18)36-51(78)72(19)47(32-37(3)4)57(82)70-52(41(11)12)63(88)73(20)48(33-38(5)6)56(81)67-44(16)55(80)68-45(17)59(84)74(21)49(34-39(7)8)61(86)75(22)50(35-40(9)10)62(87)77(24)65(42(13)14,64(89)76(53)23)90-31-28-30-66/h25,27,37-50,52-54,79H,26,28-36H2,1-24H3,(H,67,81)(H,68,80)(H,69,83)(H,70,82)/b27-25+/t43-,44+,45-,46+,47+,48+,49+,50+,52+,53+,54-,65+/m1/s1. The fraction of sp³-hybridized carbons (Fsp3) is 0.800. The van der Waals surface area contributed by atoms with Crippen LogP contribution in [0, 0.1) is 41.4 Å². The van der Waals surface area contributed by atoms with Crippen LogP contribution in [0.5, 0.6) is 0 Å². The highest BCUT2D eigenvalue weighted by molar-refractivity contribution is 9.09. The molecule has 11 amide bonds. The lowest BCUT2D eigenvalue weighted by atomic mass is 9.89. The van der Waals surface area contributed by atoms with Crippen molar-refractivity contribution in [1.82, 2.24) is 55.6 Å². The van der Waals surface area contributed by atoms with Crippen molar-refractivity contribution in [2.45, 2.75) is 229 Å². The van der Waals surface area contributed by atoms with E-state index in [4.69, 9.17) is 4.74 Å². The number of rotatable bonds is 19. The van der Waals surface area contributed by atoms with Crippen molar-refractivity contribution in [3.8, 4) is 0 Å². The lowest BCUT2D eigenvalue weighted by molar-refractivity contribution is -0.208. The normalized spacial score (nSPS) is 26.9. The first-order valence-electron chi connectivity index (χ1n) is 32.2. The van der Waals surface area contributed by atoms with E-state index >= 15 is 19.2 Å². The van der Waals surface area contributed by atoms with Crippen molar-refractivity contribution in [2.75, 3.05) is 67.8 Å². The average molecular weight is 1340 g/mol. The van der Waals surface area contributed by atoms with E-state index in [-0.39, 0.29) is 68.8 Å². The second-order valence-electron chi connectivity index (χ2n) is 27.1. The molecular formula is C65H116BrN11O13. The van der Waals surface area contributed by atoms with Gasteiger partial charge in [-0.05, 0) is 101 Å². The van der Waals surface area contributed by atoms with Gasteiger partial charge >= 0.3 is 0 Å². The number of aliphatic hydroxyl groups is 1. The number of hydrogen-bond donors (Lipinski definition) is 5. The summed E-state index contributed by atoms with van der Waals surface area (Å²) < 4.78 is 6.65. The van der Waals surface area contributed by atoms with E-state index < -0.39 is 155 Å². The number of nitrogens with zero attached hydrogens (tertiary/aromatic N) is 7. The van der Waals surface area contributed by atoms with Gasteiger partial charge in [-0.1, -0.05) is 125 Å². The van der Waals surface area contributed by atoms with Crippen LogP contribution in [0.4, 0.5) is 0 Å². The lowest BCUT2D eigenvalue weighted by Gasteiger charge is -2.48. The van der Waals surface area contributed by atoms with Gasteiger partial charge in [0.25, 0.3) is 5.91 Å². The summed E-state index contributed by atoms with van der Waals surface area (Å²) in [6, 6.07) is -11.5. The van der Waals surface area contributed by atoms with Gasteiger partial charge in [-0.2, -0.15) is 0 Å². The molecule has 1 aliphatic heterocycles. The van der Waals surface area contributed by atoms with Crippen LogP contribution >= 0.6 is 15.9 Å². The van der Waals surface area contributed by atoms with Gasteiger partial charge in [-0.25, -0.2) is 0 Å². The fourth-order valence-electron chi connectivity index (χ4n) is 11.2. The Morgan fingerprint density at radius 2 is 1.02 bits per heavy atom. The SMILES string of the molecule is C/C=C/C[C@@H](C)[C@@H](O)[C@H]1C(=O)N[C@@H](CC)C(=O)N(C)CC(=O)N(C)[C@@H](CC(C)C)C(=O)N[C@@H](C(C)C)C(=O)N(C)[C@@H](CC(C)C)C(=O)N[C@@H](C)C(=O)N[C@H](C)C(=O)N(C)[C@@H](CC(C)C)C(=O)N(C)[C@@H](CC(C)C)C(=O)N(C)[C@](OCCCBr)(C(C)C)C(=O)N1C. The maximum atomic E-state index is 15.9. The third-order valence-corrected chi connectivity index (χ3v) is 17.5. The number of halogens is 1. The summed E-state index contributed by atoms with van der Waals surface area (Å²) in [5, 5.41) is 23.8. The average Bonchev–Trinajstić information content (AvgIpc) is 0.960. The number of nitrogens with one attached hydrogen (secondary N) is 4. The van der Waals surface area contributed by atoms with E-state index in [2.05, 4.69) is 37.2 Å². The molecule has 25 heteroatoms. The van der Waals surface area contributed by atoms with Crippen LogP contribution in [0.2, 0.25) is 0 Å². The molecule has 0 bridgehead atoms. The summed E-state index contributed by atoms with van der Waals surface area (Å²) in [4.78, 5) is 171. The molecule has 0 aliphatic carbocycles. The van der Waals surface area contributed by atoms with E-state index in [1.807, 2.05) is 55.4 Å². The van der Waals surface area contributed by atoms with Crippen LogP contribution in [0.25, 0.3) is 0 Å². The molecule has 0 aromatic rings. The number of ether oxygens (including phenoxy) is 1. The van der Waals surface area contributed by atoms with Crippen LogP contribution in [-0.4, -0.2) is 238 Å². The van der Waals surface area contributed by atoms with Crippen LogP contribution < -0.4 is 21.3 Å². The third kappa shape index (κ3) is 22.3. The number of alkyl halides is 1. The fourth-order valence-corrected chi connectivity index (χ4v) is 11.4. The van der Waals surface area contributed by atoms with Gasteiger partial charge in [0.2, 0.25) is 64.8 Å². The predicted molar refractivity (Wildman–Crippen MR) is 352 cm³/mol. The molecule has 1 saturated heterocycles. The topological polar surface area (TPSA) is 288 Å². The maximum Gasteiger partial charge on any atom is 0.276 e. The van der Waals surface area contributed by atoms with Gasteiger partial charge in [0.1, 0.15) is 54.4 Å². The predicted octanol–water partition coefficient (Wildman–Crippen LogP) is 4.40. The monoisotopic (exact) mass is 1340 g/mol. The summed E-state index contributed by atoms with van der Waals surface area (Å²) in [6.45, 7) is 29.0. The van der Waals surface area contributed by atoms with Gasteiger partial charge < -0.3 is 65.4 Å². The minimum atomic E-state index is -2.21. The largest absolute Gasteiger partial charge is 0.390 e. The molecule has 24 nitrogen and oxygen atoms in total. The van der Waals surface area contributed by atoms with Gasteiger partial charge in [-0.3, -0.25) is 52.7 Å². The third-order valence-electron chi connectivity index (χ3n) is 16.9. The second-order valence-corrected chi connectivity index (χ2v) is 27.9. The Hall–Kier alpha value is -5.69. The second kappa shape index (κ2) is 37.7. The molecule has 0 saturated carbocycles. The number of carbonyl (C=O) groups is 11. The molecule has 5 N–H and O–H groups in total. The summed E-state index contributed by atoms with van der Waals surface area (Å²) in [6.07, 6.45) is 3.13. The zero-order valence-corrected chi connectivity index (χ0v) is 60.5. The van der Waals surface area contributed by atoms with Crippen molar-refractivity contribution < 1.29 is 62.6 Å². The molecule has 90 heavy (non-hydrogen) atoms. The Kier molecular flexibility index (Phi) is 34.5. The molecule has 0 unspecified atom stereocenters. The number of amides is 11. The van der Waals surface area contributed by atoms with Crippen molar-refractivity contribution in [3.05, 3.63) is 12.2 Å². The summed E-state index contributed by atoms with van der Waals surface area (Å²) >= 11 is 3.44. The molecule has 0 radical (unpaired) electrons. The van der Waals surface area contributed by atoms with E-state index in [9.17, 15) is 38.7 Å². The number of likely N-dealkylation sites (N-methyl/N-ethyl adjacent to an activating group) is 7. The maximum absolute atomic E-state index is 15.9. The van der Waals surface area contributed by atoms with Gasteiger partial charge in [-0.15, -0.1) is 0 Å². The van der Waals surface area contributed by atoms with Crippen LogP contribution in [-0.2, 0) is 57.5 Å². The zero-order chi connectivity index (χ0) is 69.7. The van der Waals surface area contributed by atoms with Crippen LogP contribution in [0.15, 0.2) is 12.2 Å². The molecule has 0 spiro atoms. The van der Waals surface area contributed by atoms with E-state index in [1.165, 1.54) is 82.8 Å². The van der Waals surface area contributed by atoms with Crippen molar-refractivity contribution >= 4 is 80.9 Å². The highest BCUT2D eigenvalue weighted by Gasteiger charge is 2.55. The Bertz CT molecular complexity index is 2460. The number of aliphatic hydroxyl groups excluding tert-OH is 1. The lowest BCUT2D eigenvalue weighted by Crippen LogP contribution is -2.70. The van der Waals surface area contributed by atoms with E-state index in [0.717, 1.165) is 14.7 Å². The first-order chi connectivity index (χ1) is 41.6. The summed E-state index contributed by atoms with van der Waals surface area (Å²) in [7, 11) is 9.80. The van der Waals surface area contributed by atoms with E-state index in [0.29, 0.717) is 11.8 Å². The number of allylic oxidation sites excluding steroid dienone is 2. The Morgan fingerprint density at radius 1 is 0.567 bits per heavy atom. The molecule has 516 valence electrons. The van der Waals surface area contributed by atoms with E-state index in [1.54, 1.807) is 60.6 Å². The Balaban J connectivity index is 4.53. The molecule has 0 aromatic heterocycles. The minimum absolute atomic E-state index is 0.00791. The van der Waals surface area contributed by atoms with Gasteiger partial charge in [0.05, 0.1) is 19.3 Å². The summed E-state index contributed by atoms with van der Waals surface area (Å²) in [5.74, 6) is -10.6. The molecule has 1 rings (SSSR count). The zero-order valence-electron chi connectivity index (χ0n) is 58.9. The minimum Gasteiger partial charge on any atom is -0.390 e.